The summed E-state index contributed by atoms with van der Waals surface area (Å²) in [6.07, 6.45) is 5.41. The second-order valence-electron chi connectivity index (χ2n) is 7.39. The molecule has 1 aromatic heterocycles. The van der Waals surface area contributed by atoms with Gasteiger partial charge in [-0.1, -0.05) is 45.2 Å². The van der Waals surface area contributed by atoms with Gasteiger partial charge in [-0.2, -0.15) is 0 Å². The number of fused-ring (bicyclic) bond motifs is 1. The fraction of sp³-hybridized carbons (Fsp3) is 0.524. The fourth-order valence-electron chi connectivity index (χ4n) is 3.06. The summed E-state index contributed by atoms with van der Waals surface area (Å²) in [7, 11) is 1.67. The highest BCUT2D eigenvalue weighted by molar-refractivity contribution is 7.80. The molecule has 29 heavy (non-hydrogen) atoms. The van der Waals surface area contributed by atoms with Crippen molar-refractivity contribution in [3.05, 3.63) is 40.4 Å². The lowest BCUT2D eigenvalue weighted by Crippen LogP contribution is -2.47. The van der Waals surface area contributed by atoms with E-state index in [9.17, 15) is 9.59 Å². The van der Waals surface area contributed by atoms with Crippen molar-refractivity contribution in [1.29, 1.82) is 0 Å². The van der Waals surface area contributed by atoms with E-state index in [1.54, 1.807) is 19.2 Å². The van der Waals surface area contributed by atoms with Crippen LogP contribution in [0.3, 0.4) is 0 Å². The van der Waals surface area contributed by atoms with Crippen LogP contribution >= 0.6 is 12.2 Å². The number of unbranched alkanes of at least 4 members (excludes halogenated alkanes) is 2. The molecule has 0 aliphatic heterocycles. The van der Waals surface area contributed by atoms with E-state index in [-0.39, 0.29) is 17.9 Å². The SMILES string of the molecule is CCCCC[C@H](C)CNC(=S)NNC(=O)CCc1nc2ccccc2c(=O)n1C. The second-order valence-corrected chi connectivity index (χ2v) is 7.80. The van der Waals surface area contributed by atoms with Crippen molar-refractivity contribution in [2.24, 2.45) is 13.0 Å². The zero-order valence-electron chi connectivity index (χ0n) is 17.5. The molecule has 0 unspecified atom stereocenters. The largest absolute Gasteiger partial charge is 0.361 e. The van der Waals surface area contributed by atoms with Crippen molar-refractivity contribution in [1.82, 2.24) is 25.7 Å². The van der Waals surface area contributed by atoms with Crippen LogP contribution in [0.2, 0.25) is 0 Å². The van der Waals surface area contributed by atoms with Crippen LogP contribution in [0.5, 0.6) is 0 Å². The number of hydrazine groups is 1. The molecule has 0 bridgehead atoms. The van der Waals surface area contributed by atoms with E-state index >= 15 is 0 Å². The number of amides is 1. The summed E-state index contributed by atoms with van der Waals surface area (Å²) >= 11 is 5.20. The van der Waals surface area contributed by atoms with E-state index in [1.807, 2.05) is 12.1 Å². The molecule has 7 nitrogen and oxygen atoms in total. The normalized spacial score (nSPS) is 11.8. The summed E-state index contributed by atoms with van der Waals surface area (Å²) in [6, 6.07) is 7.21. The highest BCUT2D eigenvalue weighted by Gasteiger charge is 2.10. The van der Waals surface area contributed by atoms with Gasteiger partial charge in [-0.05, 0) is 36.7 Å². The third-order valence-electron chi connectivity index (χ3n) is 4.88. The van der Waals surface area contributed by atoms with E-state index in [0.717, 1.165) is 13.0 Å². The number of rotatable bonds is 9. The van der Waals surface area contributed by atoms with Gasteiger partial charge in [0.15, 0.2) is 5.11 Å². The molecule has 0 fully saturated rings. The molecule has 1 amide bonds. The summed E-state index contributed by atoms with van der Waals surface area (Å²) in [5.74, 6) is 0.885. The number of aromatic nitrogens is 2. The fourth-order valence-corrected chi connectivity index (χ4v) is 3.19. The highest BCUT2D eigenvalue weighted by atomic mass is 32.1. The first-order chi connectivity index (χ1) is 13.9. The number of carbonyl (C=O) groups is 1. The first kappa shape index (κ1) is 22.8. The van der Waals surface area contributed by atoms with Crippen LogP contribution in [-0.2, 0) is 18.3 Å². The number of hydrogen-bond donors (Lipinski definition) is 3. The summed E-state index contributed by atoms with van der Waals surface area (Å²) in [5.41, 5.74) is 5.85. The van der Waals surface area contributed by atoms with Gasteiger partial charge in [0.25, 0.3) is 5.56 Å². The van der Waals surface area contributed by atoms with Gasteiger partial charge in [-0.25, -0.2) is 4.98 Å². The Labute approximate surface area is 177 Å². The third-order valence-corrected chi connectivity index (χ3v) is 5.12. The van der Waals surface area contributed by atoms with Crippen LogP contribution in [-0.4, -0.2) is 27.1 Å². The van der Waals surface area contributed by atoms with Crippen molar-refractivity contribution in [3.8, 4) is 0 Å². The number of para-hydroxylation sites is 1. The highest BCUT2D eigenvalue weighted by Crippen LogP contribution is 2.09. The predicted octanol–water partition coefficient (Wildman–Crippen LogP) is 2.58. The Hall–Kier alpha value is -2.48. The Bertz CT molecular complexity index is 896. The van der Waals surface area contributed by atoms with E-state index in [1.165, 1.54) is 23.8 Å². The van der Waals surface area contributed by atoms with Crippen LogP contribution in [0.4, 0.5) is 0 Å². The molecule has 3 N–H and O–H groups in total. The number of carbonyl (C=O) groups excluding carboxylic acids is 1. The first-order valence-electron chi connectivity index (χ1n) is 10.2. The zero-order chi connectivity index (χ0) is 21.2. The quantitative estimate of drug-likeness (QED) is 0.330. The first-order valence-corrected chi connectivity index (χ1v) is 10.6. The maximum atomic E-state index is 12.4. The van der Waals surface area contributed by atoms with Crippen molar-refractivity contribution in [2.45, 2.75) is 52.4 Å². The van der Waals surface area contributed by atoms with E-state index in [4.69, 9.17) is 12.2 Å². The molecule has 0 spiro atoms. The van der Waals surface area contributed by atoms with Gasteiger partial charge in [0.2, 0.25) is 5.91 Å². The van der Waals surface area contributed by atoms with Gasteiger partial charge in [0.1, 0.15) is 5.82 Å². The van der Waals surface area contributed by atoms with Gasteiger partial charge in [0, 0.05) is 26.4 Å². The smallest absolute Gasteiger partial charge is 0.261 e. The molecule has 2 aromatic rings. The lowest BCUT2D eigenvalue weighted by atomic mass is 10.0. The van der Waals surface area contributed by atoms with Crippen LogP contribution in [0.1, 0.15) is 51.8 Å². The van der Waals surface area contributed by atoms with E-state index in [0.29, 0.717) is 34.2 Å². The number of thiocarbonyl (C=S) groups is 1. The Kier molecular flexibility index (Phi) is 9.05. The lowest BCUT2D eigenvalue weighted by Gasteiger charge is -2.15. The Morgan fingerprint density at radius 3 is 2.76 bits per heavy atom. The molecule has 0 aliphatic rings. The minimum atomic E-state index is -0.215. The minimum Gasteiger partial charge on any atom is -0.361 e. The Morgan fingerprint density at radius 2 is 2.00 bits per heavy atom. The molecule has 0 saturated carbocycles. The van der Waals surface area contributed by atoms with Gasteiger partial charge >= 0.3 is 0 Å². The average Bonchev–Trinajstić information content (AvgIpc) is 2.72. The van der Waals surface area contributed by atoms with Crippen LogP contribution in [0.15, 0.2) is 29.1 Å². The summed E-state index contributed by atoms with van der Waals surface area (Å²) < 4.78 is 1.50. The standard InChI is InChI=1S/C21H31N5O2S/c1-4-5-6-9-15(2)14-22-21(29)25-24-19(27)13-12-18-23-17-11-8-7-10-16(17)20(28)26(18)3/h7-8,10-11,15H,4-6,9,12-14H2,1-3H3,(H,24,27)(H2,22,25,29)/t15-/m0/s1. The number of aryl methyl sites for hydroxylation is 1. The number of hydrogen-bond acceptors (Lipinski definition) is 4. The molecule has 0 aliphatic carbocycles. The maximum Gasteiger partial charge on any atom is 0.261 e. The average molecular weight is 418 g/mol. The van der Waals surface area contributed by atoms with Crippen molar-refractivity contribution < 1.29 is 4.79 Å². The third kappa shape index (κ3) is 7.12. The Morgan fingerprint density at radius 1 is 1.24 bits per heavy atom. The number of nitrogens with zero attached hydrogens (tertiary/aromatic N) is 2. The maximum absolute atomic E-state index is 12.4. The number of benzene rings is 1. The molecular weight excluding hydrogens is 386 g/mol. The predicted molar refractivity (Wildman–Crippen MR) is 120 cm³/mol. The zero-order valence-corrected chi connectivity index (χ0v) is 18.3. The molecule has 1 heterocycles. The molecule has 8 heteroatoms. The summed E-state index contributed by atoms with van der Waals surface area (Å²) in [6.45, 7) is 5.15. The van der Waals surface area contributed by atoms with Gasteiger partial charge in [-0.3, -0.25) is 25.0 Å². The molecule has 0 saturated heterocycles. The number of nitrogens with one attached hydrogen (secondary N) is 3. The summed E-state index contributed by atoms with van der Waals surface area (Å²) in [4.78, 5) is 29.0. The van der Waals surface area contributed by atoms with Gasteiger partial charge < -0.3 is 5.32 Å². The van der Waals surface area contributed by atoms with E-state index < -0.39 is 0 Å². The van der Waals surface area contributed by atoms with Crippen molar-refractivity contribution >= 4 is 34.1 Å². The molecule has 0 radical (unpaired) electrons. The topological polar surface area (TPSA) is 88.1 Å². The van der Waals surface area contributed by atoms with Gasteiger partial charge in [-0.15, -0.1) is 0 Å². The molecule has 158 valence electrons. The van der Waals surface area contributed by atoms with Crippen LogP contribution in [0.25, 0.3) is 10.9 Å². The van der Waals surface area contributed by atoms with Crippen molar-refractivity contribution in [3.63, 3.8) is 0 Å². The van der Waals surface area contributed by atoms with Gasteiger partial charge in [0.05, 0.1) is 10.9 Å². The Balaban J connectivity index is 1.76. The van der Waals surface area contributed by atoms with Crippen LogP contribution < -0.4 is 21.7 Å². The van der Waals surface area contributed by atoms with Crippen molar-refractivity contribution in [2.75, 3.05) is 6.54 Å². The molecule has 1 atom stereocenters. The van der Waals surface area contributed by atoms with E-state index in [2.05, 4.69) is 35.0 Å². The summed E-state index contributed by atoms with van der Waals surface area (Å²) in [5, 5.41) is 4.10. The van der Waals surface area contributed by atoms with Crippen LogP contribution in [0, 0.1) is 5.92 Å². The minimum absolute atomic E-state index is 0.109. The molecule has 2 rings (SSSR count). The molecule has 1 aromatic carbocycles. The lowest BCUT2D eigenvalue weighted by molar-refractivity contribution is -0.121. The second kappa shape index (κ2) is 11.5. The molecular formula is C21H31N5O2S. The monoisotopic (exact) mass is 417 g/mol.